The van der Waals surface area contributed by atoms with Crippen molar-refractivity contribution in [1.82, 2.24) is 9.71 Å². The Balaban J connectivity index is 2.10. The van der Waals surface area contributed by atoms with E-state index in [4.69, 9.17) is 10.5 Å². The van der Waals surface area contributed by atoms with Gasteiger partial charge in [-0.3, -0.25) is 4.79 Å². The van der Waals surface area contributed by atoms with Crippen LogP contribution in [0.25, 0.3) is 0 Å². The summed E-state index contributed by atoms with van der Waals surface area (Å²) in [6.07, 6.45) is 0. The van der Waals surface area contributed by atoms with Crippen molar-refractivity contribution in [3.05, 3.63) is 39.8 Å². The number of hydrogen-bond acceptors (Lipinski definition) is 6. The van der Waals surface area contributed by atoms with Gasteiger partial charge < -0.3 is 10.5 Å². The molecular formula is C14H17N3O4S2. The number of ether oxygens (including phenoxy) is 1. The van der Waals surface area contributed by atoms with Gasteiger partial charge in [-0.1, -0.05) is 0 Å². The highest BCUT2D eigenvalue weighted by Gasteiger charge is 2.16. The van der Waals surface area contributed by atoms with E-state index < -0.39 is 15.9 Å². The highest BCUT2D eigenvalue weighted by Crippen LogP contribution is 2.22. The van der Waals surface area contributed by atoms with Gasteiger partial charge in [0.2, 0.25) is 10.0 Å². The van der Waals surface area contributed by atoms with Crippen LogP contribution in [0.1, 0.15) is 16.3 Å². The van der Waals surface area contributed by atoms with Crippen LogP contribution in [0.3, 0.4) is 0 Å². The van der Waals surface area contributed by atoms with E-state index in [9.17, 15) is 13.2 Å². The van der Waals surface area contributed by atoms with Gasteiger partial charge in [-0.2, -0.15) is 0 Å². The van der Waals surface area contributed by atoms with Crippen LogP contribution in [0.4, 0.5) is 0 Å². The van der Waals surface area contributed by atoms with Gasteiger partial charge in [0.05, 0.1) is 22.1 Å². The Morgan fingerprint density at radius 3 is 2.70 bits per heavy atom. The molecule has 0 unspecified atom stereocenters. The smallest absolute Gasteiger partial charge is 0.255 e. The van der Waals surface area contributed by atoms with E-state index in [1.807, 2.05) is 12.3 Å². The summed E-state index contributed by atoms with van der Waals surface area (Å²) < 4.78 is 32.3. The summed E-state index contributed by atoms with van der Waals surface area (Å²) in [7, 11) is -3.65. The van der Waals surface area contributed by atoms with Gasteiger partial charge in [-0.25, -0.2) is 18.1 Å². The number of thiazole rings is 1. The van der Waals surface area contributed by atoms with Crippen LogP contribution < -0.4 is 15.2 Å². The van der Waals surface area contributed by atoms with E-state index in [0.29, 0.717) is 17.0 Å². The van der Waals surface area contributed by atoms with E-state index in [1.165, 1.54) is 29.5 Å². The van der Waals surface area contributed by atoms with Gasteiger partial charge in [0.1, 0.15) is 5.75 Å². The standard InChI is InChI=1S/C14H17N3O4S2/c1-9-5-12(3-4-13(9)21-7-14(15)18)23(19,20)16-6-11-8-22-10(2)17-11/h3-5,8,16H,6-7H2,1-2H3,(H2,15,18). The number of hydrogen-bond donors (Lipinski definition) is 2. The molecule has 0 spiro atoms. The van der Waals surface area contributed by atoms with E-state index >= 15 is 0 Å². The maximum atomic E-state index is 12.3. The number of primary amides is 1. The Kier molecular flexibility index (Phi) is 5.34. The molecule has 2 aromatic rings. The van der Waals surface area contributed by atoms with Crippen molar-refractivity contribution >= 4 is 27.3 Å². The summed E-state index contributed by atoms with van der Waals surface area (Å²) in [5.41, 5.74) is 6.28. The molecule has 1 aromatic heterocycles. The monoisotopic (exact) mass is 355 g/mol. The maximum Gasteiger partial charge on any atom is 0.255 e. The number of aromatic nitrogens is 1. The minimum absolute atomic E-state index is 0.119. The first kappa shape index (κ1) is 17.4. The van der Waals surface area contributed by atoms with Crippen molar-refractivity contribution in [2.24, 2.45) is 5.73 Å². The molecule has 0 bridgehead atoms. The molecule has 0 aliphatic carbocycles. The fraction of sp³-hybridized carbons (Fsp3) is 0.286. The second-order valence-electron chi connectivity index (χ2n) is 4.86. The fourth-order valence-electron chi connectivity index (χ4n) is 1.84. The number of nitrogens with one attached hydrogen (secondary N) is 1. The van der Waals surface area contributed by atoms with Crippen LogP contribution in [0.15, 0.2) is 28.5 Å². The number of benzene rings is 1. The summed E-state index contributed by atoms with van der Waals surface area (Å²) >= 11 is 1.46. The maximum absolute atomic E-state index is 12.3. The Hall–Kier alpha value is -1.97. The SMILES string of the molecule is Cc1nc(CNS(=O)(=O)c2ccc(OCC(N)=O)c(C)c2)cs1. The number of rotatable bonds is 7. The third-order valence-corrected chi connectivity index (χ3v) is 5.16. The molecule has 2 rings (SSSR count). The molecule has 9 heteroatoms. The molecule has 0 saturated heterocycles. The first-order chi connectivity index (χ1) is 10.8. The van der Waals surface area contributed by atoms with Crippen LogP contribution >= 0.6 is 11.3 Å². The molecule has 0 radical (unpaired) electrons. The number of carbonyl (C=O) groups excluding carboxylic acids is 1. The number of carbonyl (C=O) groups is 1. The van der Waals surface area contributed by atoms with Gasteiger partial charge in [0, 0.05) is 5.38 Å². The Morgan fingerprint density at radius 2 is 2.13 bits per heavy atom. The average Bonchev–Trinajstić information content (AvgIpc) is 2.89. The molecule has 0 aliphatic heterocycles. The van der Waals surface area contributed by atoms with E-state index in [0.717, 1.165) is 5.01 Å². The van der Waals surface area contributed by atoms with Crippen molar-refractivity contribution in [2.45, 2.75) is 25.3 Å². The Labute approximate surface area is 138 Å². The molecule has 3 N–H and O–H groups in total. The highest BCUT2D eigenvalue weighted by atomic mass is 32.2. The third kappa shape index (κ3) is 4.75. The first-order valence-electron chi connectivity index (χ1n) is 6.70. The predicted molar refractivity (Wildman–Crippen MR) is 86.7 cm³/mol. The quantitative estimate of drug-likeness (QED) is 0.772. The summed E-state index contributed by atoms with van der Waals surface area (Å²) in [5, 5.41) is 2.69. The molecular weight excluding hydrogens is 338 g/mol. The average molecular weight is 355 g/mol. The first-order valence-corrected chi connectivity index (χ1v) is 9.06. The lowest BCUT2D eigenvalue weighted by molar-refractivity contribution is -0.119. The molecule has 23 heavy (non-hydrogen) atoms. The lowest BCUT2D eigenvalue weighted by Crippen LogP contribution is -2.23. The Morgan fingerprint density at radius 1 is 1.39 bits per heavy atom. The molecule has 0 fully saturated rings. The number of nitrogens with two attached hydrogens (primary N) is 1. The molecule has 0 atom stereocenters. The minimum Gasteiger partial charge on any atom is -0.484 e. The van der Waals surface area contributed by atoms with Crippen LogP contribution in [0.2, 0.25) is 0 Å². The fourth-order valence-corrected chi connectivity index (χ4v) is 3.54. The van der Waals surface area contributed by atoms with Crippen LogP contribution in [-0.4, -0.2) is 25.9 Å². The normalized spacial score (nSPS) is 11.4. The largest absolute Gasteiger partial charge is 0.484 e. The van der Waals surface area contributed by atoms with Crippen molar-refractivity contribution in [2.75, 3.05) is 6.61 Å². The van der Waals surface area contributed by atoms with Crippen molar-refractivity contribution in [3.8, 4) is 5.75 Å². The lowest BCUT2D eigenvalue weighted by atomic mass is 10.2. The molecule has 124 valence electrons. The number of amides is 1. The lowest BCUT2D eigenvalue weighted by Gasteiger charge is -2.10. The summed E-state index contributed by atoms with van der Waals surface area (Å²) in [6, 6.07) is 4.39. The molecule has 1 aromatic carbocycles. The van der Waals surface area contributed by atoms with Gasteiger partial charge in [-0.05, 0) is 37.6 Å². The molecule has 1 heterocycles. The van der Waals surface area contributed by atoms with E-state index in [-0.39, 0.29) is 18.0 Å². The van der Waals surface area contributed by atoms with Crippen molar-refractivity contribution in [3.63, 3.8) is 0 Å². The zero-order chi connectivity index (χ0) is 17.0. The highest BCUT2D eigenvalue weighted by molar-refractivity contribution is 7.89. The minimum atomic E-state index is -3.65. The molecule has 7 nitrogen and oxygen atoms in total. The molecule has 1 amide bonds. The van der Waals surface area contributed by atoms with Gasteiger partial charge in [0.15, 0.2) is 6.61 Å². The van der Waals surface area contributed by atoms with E-state index in [2.05, 4.69) is 9.71 Å². The second kappa shape index (κ2) is 7.07. The number of sulfonamides is 1. The van der Waals surface area contributed by atoms with Gasteiger partial charge in [-0.15, -0.1) is 11.3 Å². The van der Waals surface area contributed by atoms with Crippen LogP contribution in [0, 0.1) is 13.8 Å². The van der Waals surface area contributed by atoms with Crippen LogP contribution in [-0.2, 0) is 21.4 Å². The topological polar surface area (TPSA) is 111 Å². The predicted octanol–water partition coefficient (Wildman–Crippen LogP) is 1.10. The second-order valence-corrected chi connectivity index (χ2v) is 7.69. The molecule has 0 aliphatic rings. The van der Waals surface area contributed by atoms with Crippen molar-refractivity contribution < 1.29 is 17.9 Å². The Bertz CT molecular complexity index is 815. The van der Waals surface area contributed by atoms with Gasteiger partial charge >= 0.3 is 0 Å². The van der Waals surface area contributed by atoms with E-state index in [1.54, 1.807) is 6.92 Å². The summed E-state index contributed by atoms with van der Waals surface area (Å²) in [5.74, 6) is -0.181. The zero-order valence-corrected chi connectivity index (χ0v) is 14.3. The number of nitrogens with zero attached hydrogens (tertiary/aromatic N) is 1. The summed E-state index contributed by atoms with van der Waals surface area (Å²) in [6.45, 7) is 3.43. The summed E-state index contributed by atoms with van der Waals surface area (Å²) in [4.78, 5) is 15.0. The number of aryl methyl sites for hydroxylation is 2. The zero-order valence-electron chi connectivity index (χ0n) is 12.7. The van der Waals surface area contributed by atoms with Crippen LogP contribution in [0.5, 0.6) is 5.75 Å². The van der Waals surface area contributed by atoms with Gasteiger partial charge in [0.25, 0.3) is 5.91 Å². The third-order valence-electron chi connectivity index (χ3n) is 2.94. The van der Waals surface area contributed by atoms with Crippen molar-refractivity contribution in [1.29, 1.82) is 0 Å². The molecule has 0 saturated carbocycles.